The summed E-state index contributed by atoms with van der Waals surface area (Å²) in [6.45, 7) is 0.607. The fourth-order valence-corrected chi connectivity index (χ4v) is 4.68. The molecule has 3 aromatic carbocycles. The zero-order valence-corrected chi connectivity index (χ0v) is 19.9. The molecule has 1 heterocycles. The summed E-state index contributed by atoms with van der Waals surface area (Å²) in [4.78, 5) is 17.2. The normalized spacial score (nSPS) is 17.2. The molecule has 0 aromatic heterocycles. The number of hydrogen-bond acceptors (Lipinski definition) is 4. The Morgan fingerprint density at radius 1 is 0.972 bits per heavy atom. The van der Waals surface area contributed by atoms with E-state index in [2.05, 4.69) is 15.9 Å². The first-order valence-corrected chi connectivity index (χ1v) is 11.9. The molecule has 1 amide bonds. The highest BCUT2D eigenvalue weighted by Gasteiger charge is 2.44. The van der Waals surface area contributed by atoms with Crippen molar-refractivity contribution in [2.45, 2.75) is 30.6 Å². The van der Waals surface area contributed by atoms with Crippen molar-refractivity contribution in [1.29, 1.82) is 0 Å². The van der Waals surface area contributed by atoms with Gasteiger partial charge >= 0.3 is 6.09 Å². The van der Waals surface area contributed by atoms with Crippen molar-refractivity contribution in [1.82, 2.24) is 4.90 Å². The first-order valence-electron chi connectivity index (χ1n) is 11.9. The highest BCUT2D eigenvalue weighted by molar-refractivity contribution is 5.70. The SMILES string of the molecule is C#CCCCN1C(=O)O[C@H](COC(c2ccccc2)(c2ccccc2)c2ccccc2)[C@H]1CN=[N+]=[N-]. The summed E-state index contributed by atoms with van der Waals surface area (Å²) in [6.07, 6.45) is 5.48. The average molecular weight is 481 g/mol. The van der Waals surface area contributed by atoms with Crippen LogP contribution in [0, 0.1) is 12.3 Å². The van der Waals surface area contributed by atoms with E-state index in [9.17, 15) is 4.79 Å². The molecule has 1 aliphatic heterocycles. The quantitative estimate of drug-likeness (QED) is 0.0854. The number of ether oxygens (including phenoxy) is 2. The Morgan fingerprint density at radius 2 is 1.50 bits per heavy atom. The summed E-state index contributed by atoms with van der Waals surface area (Å²) in [7, 11) is 0. The van der Waals surface area contributed by atoms with Crippen LogP contribution in [0.2, 0.25) is 0 Å². The van der Waals surface area contributed by atoms with E-state index in [4.69, 9.17) is 21.4 Å². The third-order valence-corrected chi connectivity index (χ3v) is 6.37. The third-order valence-electron chi connectivity index (χ3n) is 6.37. The van der Waals surface area contributed by atoms with Crippen LogP contribution in [0.1, 0.15) is 29.5 Å². The molecule has 4 rings (SSSR count). The molecule has 0 saturated carbocycles. The van der Waals surface area contributed by atoms with Crippen molar-refractivity contribution in [3.63, 3.8) is 0 Å². The van der Waals surface area contributed by atoms with Crippen LogP contribution in [0.15, 0.2) is 96.1 Å². The monoisotopic (exact) mass is 480 g/mol. The molecule has 0 N–H and O–H groups in total. The van der Waals surface area contributed by atoms with Gasteiger partial charge in [0.1, 0.15) is 11.7 Å². The molecule has 0 unspecified atom stereocenters. The number of benzene rings is 3. The number of carbonyl (C=O) groups excluding carboxylic acids is 1. The number of unbranched alkanes of at least 4 members (excludes halogenated alkanes) is 1. The number of terminal acetylenes is 1. The third kappa shape index (κ3) is 5.21. The molecule has 1 saturated heterocycles. The van der Waals surface area contributed by atoms with E-state index < -0.39 is 23.8 Å². The Kier molecular flexibility index (Phi) is 8.25. The maximum absolute atomic E-state index is 12.7. The Morgan fingerprint density at radius 3 is 1.97 bits per heavy atom. The van der Waals surface area contributed by atoms with E-state index in [-0.39, 0.29) is 13.2 Å². The minimum atomic E-state index is -0.948. The molecular formula is C29H28N4O3. The predicted octanol–water partition coefficient (Wildman–Crippen LogP) is 5.91. The first kappa shape index (κ1) is 24.9. The van der Waals surface area contributed by atoms with E-state index >= 15 is 0 Å². The molecule has 0 spiro atoms. The number of azide groups is 1. The van der Waals surface area contributed by atoms with Crippen molar-refractivity contribution in [2.75, 3.05) is 19.7 Å². The molecule has 1 aliphatic rings. The van der Waals surface area contributed by atoms with Gasteiger partial charge in [-0.05, 0) is 28.6 Å². The number of amides is 1. The van der Waals surface area contributed by atoms with Crippen LogP contribution in [0.3, 0.4) is 0 Å². The molecule has 0 aliphatic carbocycles. The van der Waals surface area contributed by atoms with E-state index in [1.807, 2.05) is 91.0 Å². The molecule has 2 atom stereocenters. The fourth-order valence-electron chi connectivity index (χ4n) is 4.68. The first-order chi connectivity index (χ1) is 17.7. The summed E-state index contributed by atoms with van der Waals surface area (Å²) in [6, 6.07) is 29.5. The lowest BCUT2D eigenvalue weighted by Crippen LogP contribution is -2.43. The van der Waals surface area contributed by atoms with Crippen LogP contribution in [-0.4, -0.2) is 42.8 Å². The Hall–Kier alpha value is -4.24. The minimum absolute atomic E-state index is 0.0847. The van der Waals surface area contributed by atoms with Gasteiger partial charge in [0.15, 0.2) is 0 Å². The smallest absolute Gasteiger partial charge is 0.410 e. The number of rotatable bonds is 11. The molecule has 36 heavy (non-hydrogen) atoms. The van der Waals surface area contributed by atoms with E-state index in [0.717, 1.165) is 16.7 Å². The molecule has 7 heteroatoms. The summed E-state index contributed by atoms with van der Waals surface area (Å²) in [5.74, 6) is 2.59. The van der Waals surface area contributed by atoms with Crippen molar-refractivity contribution < 1.29 is 14.3 Å². The van der Waals surface area contributed by atoms with E-state index in [0.29, 0.717) is 19.4 Å². The summed E-state index contributed by atoms with van der Waals surface area (Å²) in [5.41, 5.74) is 10.8. The summed E-state index contributed by atoms with van der Waals surface area (Å²) in [5, 5.41) is 3.75. The highest BCUT2D eigenvalue weighted by atomic mass is 16.6. The van der Waals surface area contributed by atoms with Crippen LogP contribution >= 0.6 is 0 Å². The zero-order valence-electron chi connectivity index (χ0n) is 19.9. The Bertz CT molecular complexity index is 1120. The van der Waals surface area contributed by atoms with Gasteiger partial charge in [-0.25, -0.2) is 4.79 Å². The summed E-state index contributed by atoms with van der Waals surface area (Å²) < 4.78 is 12.6. The maximum Gasteiger partial charge on any atom is 0.410 e. The molecule has 1 fully saturated rings. The Labute approximate surface area is 211 Å². The van der Waals surface area contributed by atoms with E-state index in [1.54, 1.807) is 4.90 Å². The zero-order chi connectivity index (χ0) is 25.2. The summed E-state index contributed by atoms with van der Waals surface area (Å²) >= 11 is 0. The van der Waals surface area contributed by atoms with E-state index in [1.165, 1.54) is 0 Å². The maximum atomic E-state index is 12.7. The Balaban J connectivity index is 1.72. The van der Waals surface area contributed by atoms with Crippen molar-refractivity contribution in [3.05, 3.63) is 118 Å². The van der Waals surface area contributed by atoms with Crippen LogP contribution in [-0.2, 0) is 15.1 Å². The highest BCUT2D eigenvalue weighted by Crippen LogP contribution is 2.41. The van der Waals surface area contributed by atoms with Gasteiger partial charge in [0.2, 0.25) is 0 Å². The van der Waals surface area contributed by atoms with Gasteiger partial charge in [0, 0.05) is 17.9 Å². The molecule has 0 bridgehead atoms. The second kappa shape index (κ2) is 11.9. The lowest BCUT2D eigenvalue weighted by Gasteiger charge is -2.37. The lowest BCUT2D eigenvalue weighted by molar-refractivity contribution is -0.0369. The largest absolute Gasteiger partial charge is 0.441 e. The standard InChI is InChI=1S/C29H28N4O3/c1-2-3-13-20-33-26(21-31-32-30)27(36-28(33)34)22-35-29(23-14-7-4-8-15-23,24-16-9-5-10-17-24)25-18-11-6-12-19-25/h1,4-12,14-19,26-27H,3,13,20-22H2/t26-,27-/m1/s1. The van der Waals surface area contributed by atoms with Crippen molar-refractivity contribution in [2.24, 2.45) is 5.11 Å². The average Bonchev–Trinajstić information content (AvgIpc) is 3.23. The lowest BCUT2D eigenvalue weighted by atomic mass is 9.80. The van der Waals surface area contributed by atoms with Crippen molar-refractivity contribution in [3.8, 4) is 12.3 Å². The number of hydrogen-bond donors (Lipinski definition) is 0. The van der Waals surface area contributed by atoms with Crippen LogP contribution < -0.4 is 0 Å². The van der Waals surface area contributed by atoms with Gasteiger partial charge in [0.05, 0.1) is 19.2 Å². The molecule has 7 nitrogen and oxygen atoms in total. The molecule has 0 radical (unpaired) electrons. The van der Waals surface area contributed by atoms with Crippen LogP contribution in [0.25, 0.3) is 10.4 Å². The topological polar surface area (TPSA) is 87.5 Å². The number of cyclic esters (lactones) is 1. The van der Waals surface area contributed by atoms with Gasteiger partial charge in [-0.2, -0.15) is 0 Å². The minimum Gasteiger partial charge on any atom is -0.441 e. The molecular weight excluding hydrogens is 452 g/mol. The number of nitrogens with zero attached hydrogens (tertiary/aromatic N) is 4. The van der Waals surface area contributed by atoms with Gasteiger partial charge in [-0.1, -0.05) is 96.1 Å². The van der Waals surface area contributed by atoms with Crippen LogP contribution in [0.5, 0.6) is 0 Å². The second-order valence-electron chi connectivity index (χ2n) is 8.49. The van der Waals surface area contributed by atoms with Crippen molar-refractivity contribution >= 4 is 6.09 Å². The molecule has 182 valence electrons. The molecule has 3 aromatic rings. The van der Waals surface area contributed by atoms with Crippen LogP contribution in [0.4, 0.5) is 4.79 Å². The fraction of sp³-hybridized carbons (Fsp3) is 0.276. The van der Waals surface area contributed by atoms with Gasteiger partial charge < -0.3 is 14.4 Å². The van der Waals surface area contributed by atoms with Gasteiger partial charge in [0.25, 0.3) is 0 Å². The van der Waals surface area contributed by atoms with Gasteiger partial charge in [-0.3, -0.25) is 0 Å². The van der Waals surface area contributed by atoms with Gasteiger partial charge in [-0.15, -0.1) is 12.3 Å². The predicted molar refractivity (Wildman–Crippen MR) is 138 cm³/mol. The second-order valence-corrected chi connectivity index (χ2v) is 8.49. The number of carbonyl (C=O) groups is 1.